The van der Waals surface area contributed by atoms with Gasteiger partial charge in [-0.25, -0.2) is 0 Å². The molecule has 0 heterocycles. The highest BCUT2D eigenvalue weighted by Crippen LogP contribution is 2.29. The molecule has 0 spiro atoms. The summed E-state index contributed by atoms with van der Waals surface area (Å²) in [6.07, 6.45) is -3.71. The van der Waals surface area contributed by atoms with Gasteiger partial charge in [0, 0.05) is 18.3 Å². The Labute approximate surface area is 180 Å². The predicted molar refractivity (Wildman–Crippen MR) is 115 cm³/mol. The molecule has 0 aliphatic heterocycles. The Balaban J connectivity index is 1.82. The number of ether oxygens (including phenoxy) is 1. The fraction of sp³-hybridized carbons (Fsp3) is 0.240. The second-order valence-electron chi connectivity index (χ2n) is 7.31. The van der Waals surface area contributed by atoms with Gasteiger partial charge in [0.15, 0.2) is 0 Å². The number of nitrogens with zero attached hydrogens (tertiary/aromatic N) is 1. The fourth-order valence-electron chi connectivity index (χ4n) is 3.34. The van der Waals surface area contributed by atoms with Crippen LogP contribution in [0.1, 0.15) is 22.3 Å². The second-order valence-corrected chi connectivity index (χ2v) is 7.31. The van der Waals surface area contributed by atoms with E-state index in [9.17, 15) is 18.0 Å². The highest BCUT2D eigenvalue weighted by atomic mass is 19.4. The maximum Gasteiger partial charge on any atom is 0.416 e. The SMILES string of the molecule is COc1cc(N(CCc2ccc(C(F)(F)F)cc2)C(=O)Cc2ccccc2)ccc1C. The van der Waals surface area contributed by atoms with Crippen LogP contribution in [0.5, 0.6) is 5.75 Å². The number of anilines is 1. The zero-order valence-corrected chi connectivity index (χ0v) is 17.4. The number of aryl methyl sites for hydroxylation is 1. The van der Waals surface area contributed by atoms with Gasteiger partial charge in [0.2, 0.25) is 5.91 Å². The molecule has 0 bridgehead atoms. The topological polar surface area (TPSA) is 29.5 Å². The van der Waals surface area contributed by atoms with Gasteiger partial charge in [-0.1, -0.05) is 48.5 Å². The standard InChI is InChI=1S/C25H24F3NO2/c1-18-8-13-22(17-23(18)31-2)29(24(30)16-20-6-4-3-5-7-20)15-14-19-9-11-21(12-10-19)25(26,27)28/h3-13,17H,14-16H2,1-2H3. The molecular formula is C25H24F3NO2. The molecule has 0 saturated heterocycles. The molecule has 0 aliphatic carbocycles. The second kappa shape index (κ2) is 9.69. The molecule has 1 amide bonds. The van der Waals surface area contributed by atoms with E-state index in [1.165, 1.54) is 12.1 Å². The Bertz CT molecular complexity index is 1020. The Morgan fingerprint density at radius 1 is 0.935 bits per heavy atom. The lowest BCUT2D eigenvalue weighted by Gasteiger charge is -2.24. The van der Waals surface area contributed by atoms with Gasteiger partial charge < -0.3 is 9.64 Å². The summed E-state index contributed by atoms with van der Waals surface area (Å²) in [5.41, 5.74) is 2.58. The summed E-state index contributed by atoms with van der Waals surface area (Å²) in [7, 11) is 1.57. The molecule has 3 nitrogen and oxygen atoms in total. The number of hydrogen-bond donors (Lipinski definition) is 0. The van der Waals surface area contributed by atoms with E-state index >= 15 is 0 Å². The molecule has 0 atom stereocenters. The van der Waals surface area contributed by atoms with Crippen molar-refractivity contribution in [1.29, 1.82) is 0 Å². The molecule has 162 valence electrons. The van der Waals surface area contributed by atoms with Gasteiger partial charge in [-0.3, -0.25) is 4.79 Å². The van der Waals surface area contributed by atoms with Gasteiger partial charge in [-0.2, -0.15) is 13.2 Å². The van der Waals surface area contributed by atoms with Crippen molar-refractivity contribution in [3.63, 3.8) is 0 Å². The van der Waals surface area contributed by atoms with Gasteiger partial charge in [0.05, 0.1) is 19.1 Å². The average Bonchev–Trinajstić information content (AvgIpc) is 2.75. The molecule has 31 heavy (non-hydrogen) atoms. The number of amides is 1. The summed E-state index contributed by atoms with van der Waals surface area (Å²) in [6.45, 7) is 2.25. The smallest absolute Gasteiger partial charge is 0.416 e. The molecule has 0 N–H and O–H groups in total. The third-order valence-corrected chi connectivity index (χ3v) is 5.11. The third kappa shape index (κ3) is 5.87. The number of carbonyl (C=O) groups excluding carboxylic acids is 1. The number of halogens is 3. The molecule has 0 unspecified atom stereocenters. The Hall–Kier alpha value is -3.28. The van der Waals surface area contributed by atoms with Gasteiger partial charge >= 0.3 is 6.18 Å². The number of alkyl halides is 3. The minimum Gasteiger partial charge on any atom is -0.496 e. The summed E-state index contributed by atoms with van der Waals surface area (Å²) < 4.78 is 43.8. The van der Waals surface area contributed by atoms with Gasteiger partial charge in [-0.05, 0) is 48.2 Å². The van der Waals surface area contributed by atoms with Crippen LogP contribution in [0.2, 0.25) is 0 Å². The lowest BCUT2D eigenvalue weighted by atomic mass is 10.1. The van der Waals surface area contributed by atoms with E-state index in [4.69, 9.17) is 4.74 Å². The van der Waals surface area contributed by atoms with Crippen molar-refractivity contribution in [3.8, 4) is 5.75 Å². The monoisotopic (exact) mass is 427 g/mol. The van der Waals surface area contributed by atoms with Crippen molar-refractivity contribution in [2.75, 3.05) is 18.6 Å². The first-order chi connectivity index (χ1) is 14.8. The molecule has 6 heteroatoms. The number of benzene rings is 3. The normalized spacial score (nSPS) is 11.3. The lowest BCUT2D eigenvalue weighted by molar-refractivity contribution is -0.137. The fourth-order valence-corrected chi connectivity index (χ4v) is 3.34. The van der Waals surface area contributed by atoms with E-state index in [2.05, 4.69) is 0 Å². The van der Waals surface area contributed by atoms with Gasteiger partial charge in [-0.15, -0.1) is 0 Å². The lowest BCUT2D eigenvalue weighted by Crippen LogP contribution is -2.34. The van der Waals surface area contributed by atoms with E-state index in [1.807, 2.05) is 55.5 Å². The van der Waals surface area contributed by atoms with Crippen LogP contribution in [0.4, 0.5) is 18.9 Å². The van der Waals surface area contributed by atoms with Crippen LogP contribution >= 0.6 is 0 Å². The quantitative estimate of drug-likeness (QED) is 0.474. The zero-order chi connectivity index (χ0) is 22.4. The van der Waals surface area contributed by atoms with Crippen LogP contribution in [0, 0.1) is 6.92 Å². The summed E-state index contributed by atoms with van der Waals surface area (Å²) in [5.74, 6) is 0.577. The van der Waals surface area contributed by atoms with E-state index in [0.29, 0.717) is 24.4 Å². The number of methoxy groups -OCH3 is 1. The van der Waals surface area contributed by atoms with E-state index < -0.39 is 11.7 Å². The van der Waals surface area contributed by atoms with E-state index in [1.54, 1.807) is 12.0 Å². The Morgan fingerprint density at radius 3 is 2.23 bits per heavy atom. The number of rotatable bonds is 7. The first kappa shape index (κ1) is 22.4. The van der Waals surface area contributed by atoms with Crippen LogP contribution in [0.25, 0.3) is 0 Å². The van der Waals surface area contributed by atoms with Crippen LogP contribution in [0.3, 0.4) is 0 Å². The predicted octanol–water partition coefficient (Wildman–Crippen LogP) is 5.84. The highest BCUT2D eigenvalue weighted by Gasteiger charge is 2.30. The molecule has 3 rings (SSSR count). The maximum absolute atomic E-state index is 13.1. The first-order valence-electron chi connectivity index (χ1n) is 9.93. The molecular weight excluding hydrogens is 403 g/mol. The van der Waals surface area contributed by atoms with Crippen molar-refractivity contribution in [1.82, 2.24) is 0 Å². The molecule has 3 aromatic carbocycles. The van der Waals surface area contributed by atoms with Crippen LogP contribution in [0.15, 0.2) is 72.8 Å². The van der Waals surface area contributed by atoms with Gasteiger partial charge in [0.1, 0.15) is 5.75 Å². The van der Waals surface area contributed by atoms with E-state index in [-0.39, 0.29) is 12.3 Å². The molecule has 0 aliphatic rings. The molecule has 0 fully saturated rings. The summed E-state index contributed by atoms with van der Waals surface area (Å²) >= 11 is 0. The van der Waals surface area contributed by atoms with Crippen molar-refractivity contribution in [3.05, 3.63) is 95.1 Å². The Morgan fingerprint density at radius 2 is 1.61 bits per heavy atom. The van der Waals surface area contributed by atoms with E-state index in [0.717, 1.165) is 28.8 Å². The summed E-state index contributed by atoms with van der Waals surface area (Å²) in [6, 6.07) is 20.0. The van der Waals surface area contributed by atoms with Crippen LogP contribution < -0.4 is 9.64 Å². The first-order valence-corrected chi connectivity index (χ1v) is 9.93. The minimum absolute atomic E-state index is 0.0935. The average molecular weight is 427 g/mol. The van der Waals surface area contributed by atoms with Crippen molar-refractivity contribution < 1.29 is 22.7 Å². The zero-order valence-electron chi connectivity index (χ0n) is 17.4. The van der Waals surface area contributed by atoms with Crippen molar-refractivity contribution >= 4 is 11.6 Å². The van der Waals surface area contributed by atoms with Crippen LogP contribution in [-0.2, 0) is 23.8 Å². The molecule has 0 aromatic heterocycles. The highest BCUT2D eigenvalue weighted by molar-refractivity contribution is 5.95. The molecule has 3 aromatic rings. The molecule has 0 saturated carbocycles. The Kier molecular flexibility index (Phi) is 7.00. The summed E-state index contributed by atoms with van der Waals surface area (Å²) in [5, 5.41) is 0. The van der Waals surface area contributed by atoms with Crippen LogP contribution in [-0.4, -0.2) is 19.6 Å². The number of hydrogen-bond acceptors (Lipinski definition) is 2. The van der Waals surface area contributed by atoms with Gasteiger partial charge in [0.25, 0.3) is 0 Å². The summed E-state index contributed by atoms with van der Waals surface area (Å²) in [4.78, 5) is 14.8. The number of carbonyl (C=O) groups is 1. The molecule has 0 radical (unpaired) electrons. The third-order valence-electron chi connectivity index (χ3n) is 5.11. The van der Waals surface area contributed by atoms with Crippen molar-refractivity contribution in [2.24, 2.45) is 0 Å². The largest absolute Gasteiger partial charge is 0.496 e. The maximum atomic E-state index is 13.1. The minimum atomic E-state index is -4.37. The van der Waals surface area contributed by atoms with Crippen molar-refractivity contribution in [2.45, 2.75) is 25.9 Å².